The zero-order valence-electron chi connectivity index (χ0n) is 22.2. The van der Waals surface area contributed by atoms with E-state index in [0.29, 0.717) is 40.2 Å². The Hall–Kier alpha value is -0.660. The Morgan fingerprint density at radius 1 is 0.594 bits per heavy atom. The number of rotatable bonds is 0. The van der Waals surface area contributed by atoms with E-state index in [1.165, 1.54) is 38.5 Å². The van der Waals surface area contributed by atoms with Gasteiger partial charge in [0.2, 0.25) is 0 Å². The monoisotopic (exact) mass is 440 g/mol. The van der Waals surface area contributed by atoms with Crippen molar-refractivity contribution in [2.75, 3.05) is 0 Å². The summed E-state index contributed by atoms with van der Waals surface area (Å²) in [5.74, 6) is 3.22. The van der Waals surface area contributed by atoms with E-state index in [4.69, 9.17) is 0 Å². The first-order valence-corrected chi connectivity index (χ1v) is 13.7. The molecule has 0 spiro atoms. The molecule has 0 bridgehead atoms. The molecule has 0 aromatic carbocycles. The van der Waals surface area contributed by atoms with Crippen LogP contribution in [0.3, 0.4) is 0 Å². The van der Waals surface area contributed by atoms with Gasteiger partial charge < -0.3 is 0 Å². The lowest BCUT2D eigenvalue weighted by Gasteiger charge is -2.73. The van der Waals surface area contributed by atoms with Gasteiger partial charge in [0.25, 0.3) is 0 Å². The molecule has 0 aromatic rings. The summed E-state index contributed by atoms with van der Waals surface area (Å²) in [6.45, 7) is 19.2. The third kappa shape index (κ3) is 2.54. The molecule has 0 radical (unpaired) electrons. The average molecular weight is 441 g/mol. The van der Waals surface area contributed by atoms with E-state index in [1.807, 2.05) is 0 Å². The average Bonchev–Trinajstić information content (AvgIpc) is 2.69. The standard InChI is InChI=1S/C30H48O2/c1-25(2)17-18-27(5)19(24(25)32)11-15-29(7)21(27)9-10-22-28(6)14-13-23(31)26(3,4)20(28)12-16-30(22,29)8/h19-22H,9-18H2,1-8H3/t19-,20+,21+,22+,27-,28+,29+,30+/m1/s1. The lowest BCUT2D eigenvalue weighted by atomic mass is 9.31. The molecule has 5 rings (SSSR count). The third-order valence-electron chi connectivity index (χ3n) is 13.4. The van der Waals surface area contributed by atoms with Crippen molar-refractivity contribution in [3.8, 4) is 0 Å². The number of ketones is 2. The zero-order chi connectivity index (χ0) is 23.5. The summed E-state index contributed by atoms with van der Waals surface area (Å²) in [6, 6.07) is 0. The van der Waals surface area contributed by atoms with Crippen molar-refractivity contribution in [2.24, 2.45) is 56.2 Å². The first-order valence-electron chi connectivity index (χ1n) is 13.7. The first-order chi connectivity index (χ1) is 14.6. The summed E-state index contributed by atoms with van der Waals surface area (Å²) in [6.07, 6.45) is 11.5. The van der Waals surface area contributed by atoms with Crippen molar-refractivity contribution >= 4 is 11.6 Å². The maximum absolute atomic E-state index is 13.5. The summed E-state index contributed by atoms with van der Waals surface area (Å²) in [5, 5.41) is 0. The van der Waals surface area contributed by atoms with E-state index in [2.05, 4.69) is 55.4 Å². The Kier molecular flexibility index (Phi) is 4.70. The van der Waals surface area contributed by atoms with Gasteiger partial charge in [-0.3, -0.25) is 9.59 Å². The number of carbonyl (C=O) groups excluding carboxylic acids is 2. The van der Waals surface area contributed by atoms with Crippen LogP contribution in [0.25, 0.3) is 0 Å². The Labute approximate surface area is 197 Å². The smallest absolute Gasteiger partial charge is 0.142 e. The van der Waals surface area contributed by atoms with Crippen molar-refractivity contribution in [3.05, 3.63) is 0 Å². The van der Waals surface area contributed by atoms with Crippen LogP contribution in [0.15, 0.2) is 0 Å². The minimum atomic E-state index is -0.170. The van der Waals surface area contributed by atoms with Gasteiger partial charge in [-0.2, -0.15) is 0 Å². The highest BCUT2D eigenvalue weighted by molar-refractivity contribution is 5.88. The highest BCUT2D eigenvalue weighted by Gasteiger charge is 2.71. The molecule has 0 N–H and O–H groups in total. The fraction of sp³-hybridized carbons (Fsp3) is 0.933. The topological polar surface area (TPSA) is 34.1 Å². The summed E-state index contributed by atoms with van der Waals surface area (Å²) in [4.78, 5) is 26.4. The molecule has 0 heterocycles. The first kappa shape index (κ1) is 23.1. The Morgan fingerprint density at radius 2 is 1.16 bits per heavy atom. The summed E-state index contributed by atoms with van der Waals surface area (Å²) < 4.78 is 0. The second-order valence-corrected chi connectivity index (χ2v) is 15.1. The van der Waals surface area contributed by atoms with Gasteiger partial charge in [0.15, 0.2) is 0 Å². The van der Waals surface area contributed by atoms with Crippen LogP contribution < -0.4 is 0 Å². The van der Waals surface area contributed by atoms with Crippen LogP contribution in [0.5, 0.6) is 0 Å². The van der Waals surface area contributed by atoms with Crippen LogP contribution in [-0.4, -0.2) is 11.6 Å². The second-order valence-electron chi connectivity index (χ2n) is 15.1. The van der Waals surface area contributed by atoms with Crippen LogP contribution in [0, 0.1) is 56.2 Å². The predicted octanol–water partition coefficient (Wildman–Crippen LogP) is 7.64. The van der Waals surface area contributed by atoms with Gasteiger partial charge >= 0.3 is 0 Å². The number of hydrogen-bond donors (Lipinski definition) is 0. The molecule has 5 aliphatic rings. The molecule has 0 saturated heterocycles. The highest BCUT2D eigenvalue weighted by atomic mass is 16.1. The molecular weight excluding hydrogens is 392 g/mol. The fourth-order valence-corrected chi connectivity index (χ4v) is 11.2. The minimum Gasteiger partial charge on any atom is -0.299 e. The van der Waals surface area contributed by atoms with Gasteiger partial charge in [-0.05, 0) is 97.2 Å². The number of hydrogen-bond acceptors (Lipinski definition) is 2. The molecule has 0 aliphatic heterocycles. The zero-order valence-corrected chi connectivity index (χ0v) is 22.2. The van der Waals surface area contributed by atoms with E-state index in [1.54, 1.807) is 0 Å². The quantitative estimate of drug-likeness (QED) is 0.388. The van der Waals surface area contributed by atoms with Crippen LogP contribution in [0.2, 0.25) is 0 Å². The molecule has 2 nitrogen and oxygen atoms in total. The minimum absolute atomic E-state index is 0.134. The maximum Gasteiger partial charge on any atom is 0.142 e. The number of fused-ring (bicyclic) bond motifs is 7. The molecule has 5 aliphatic carbocycles. The van der Waals surface area contributed by atoms with Gasteiger partial charge in [-0.15, -0.1) is 0 Å². The van der Waals surface area contributed by atoms with Crippen molar-refractivity contribution < 1.29 is 9.59 Å². The Bertz CT molecular complexity index is 853. The van der Waals surface area contributed by atoms with E-state index in [-0.39, 0.29) is 27.6 Å². The van der Waals surface area contributed by atoms with E-state index in [9.17, 15) is 9.59 Å². The van der Waals surface area contributed by atoms with Crippen molar-refractivity contribution in [1.29, 1.82) is 0 Å². The molecule has 0 amide bonds. The van der Waals surface area contributed by atoms with Gasteiger partial charge in [-0.1, -0.05) is 55.4 Å². The van der Waals surface area contributed by atoms with Crippen molar-refractivity contribution in [2.45, 2.75) is 120 Å². The third-order valence-corrected chi connectivity index (χ3v) is 13.4. The van der Waals surface area contributed by atoms with E-state index < -0.39 is 0 Å². The lowest BCUT2D eigenvalue weighted by Crippen LogP contribution is -2.68. The molecule has 8 atom stereocenters. The van der Waals surface area contributed by atoms with Crippen LogP contribution in [0.1, 0.15) is 120 Å². The molecule has 180 valence electrons. The van der Waals surface area contributed by atoms with E-state index in [0.717, 1.165) is 25.7 Å². The van der Waals surface area contributed by atoms with Gasteiger partial charge in [0.05, 0.1) is 0 Å². The van der Waals surface area contributed by atoms with Gasteiger partial charge in [0, 0.05) is 23.2 Å². The molecule has 5 fully saturated rings. The fourth-order valence-electron chi connectivity index (χ4n) is 11.2. The molecule has 2 heteroatoms. The second kappa shape index (κ2) is 6.51. The summed E-state index contributed by atoms with van der Waals surface area (Å²) in [5.41, 5.74) is 0.777. The highest BCUT2D eigenvalue weighted by Crippen LogP contribution is 2.77. The van der Waals surface area contributed by atoms with Gasteiger partial charge in [0.1, 0.15) is 11.6 Å². The molecule has 5 saturated carbocycles. The molecule has 0 unspecified atom stereocenters. The molecular formula is C30H48O2. The molecule has 0 aromatic heterocycles. The SMILES string of the molecule is CC1(C)CC[C@]2(C)[C@H](CC[C@@]3(C)[C@H]2CC[C@H]2[C@@]4(C)CCC(=O)C(C)(C)[C@@H]4CC[C@@]23C)C1=O. The Balaban J connectivity index is 1.54. The maximum atomic E-state index is 13.5. The van der Waals surface area contributed by atoms with E-state index >= 15 is 0 Å². The van der Waals surface area contributed by atoms with Crippen LogP contribution in [0.4, 0.5) is 0 Å². The normalized spacial score (nSPS) is 54.1. The number of Topliss-reactive ketones (excluding diaryl/α,β-unsaturated/α-hetero) is 2. The predicted molar refractivity (Wildman–Crippen MR) is 130 cm³/mol. The van der Waals surface area contributed by atoms with Crippen LogP contribution in [-0.2, 0) is 9.59 Å². The van der Waals surface area contributed by atoms with Crippen molar-refractivity contribution in [1.82, 2.24) is 0 Å². The lowest BCUT2D eigenvalue weighted by molar-refractivity contribution is -0.244. The summed E-state index contributed by atoms with van der Waals surface area (Å²) >= 11 is 0. The van der Waals surface area contributed by atoms with Crippen molar-refractivity contribution in [3.63, 3.8) is 0 Å². The van der Waals surface area contributed by atoms with Crippen LogP contribution >= 0.6 is 0 Å². The van der Waals surface area contributed by atoms with Gasteiger partial charge in [-0.25, -0.2) is 0 Å². The molecule has 32 heavy (non-hydrogen) atoms. The largest absolute Gasteiger partial charge is 0.299 e. The number of carbonyl (C=O) groups is 2. The summed E-state index contributed by atoms with van der Waals surface area (Å²) in [7, 11) is 0. The Morgan fingerprint density at radius 3 is 1.78 bits per heavy atom.